The summed E-state index contributed by atoms with van der Waals surface area (Å²) in [6.07, 6.45) is 7.77. The van der Waals surface area contributed by atoms with Crippen LogP contribution in [0.15, 0.2) is 24.7 Å². The van der Waals surface area contributed by atoms with Crippen molar-refractivity contribution in [1.82, 2.24) is 19.9 Å². The lowest BCUT2D eigenvalue weighted by molar-refractivity contribution is 0.165. The molecule has 0 saturated carbocycles. The third-order valence-electron chi connectivity index (χ3n) is 2.15. The summed E-state index contributed by atoms with van der Waals surface area (Å²) in [5, 5.41) is 0. The molecular weight excluding hydrogens is 180 g/mol. The zero-order chi connectivity index (χ0) is 9.38. The number of hydrogen-bond donors (Lipinski definition) is 1. The van der Waals surface area contributed by atoms with E-state index in [9.17, 15) is 0 Å². The molecule has 2 aromatic heterocycles. The first-order valence-electron chi connectivity index (χ1n) is 4.40. The molecule has 0 radical (unpaired) electrons. The first-order valence-corrected chi connectivity index (χ1v) is 4.40. The van der Waals surface area contributed by atoms with Crippen LogP contribution in [0.3, 0.4) is 0 Å². The number of rotatable bonds is 1. The fraction of sp³-hybridized carbons (Fsp3) is 0.222. The molecule has 14 heavy (non-hydrogen) atoms. The van der Waals surface area contributed by atoms with Gasteiger partial charge in [0.2, 0.25) is 0 Å². The van der Waals surface area contributed by atoms with Gasteiger partial charge < -0.3 is 9.72 Å². The maximum absolute atomic E-state index is 5.34. The van der Waals surface area contributed by atoms with Crippen molar-refractivity contribution in [3.8, 4) is 0 Å². The predicted octanol–water partition coefficient (Wildman–Crippen LogP) is 1.33. The molecule has 3 rings (SSSR count). The van der Waals surface area contributed by atoms with Crippen LogP contribution in [-0.4, -0.2) is 19.9 Å². The van der Waals surface area contributed by atoms with Gasteiger partial charge in [0, 0.05) is 18.8 Å². The Hall–Kier alpha value is -1.91. The summed E-state index contributed by atoms with van der Waals surface area (Å²) >= 11 is 0. The van der Waals surface area contributed by atoms with E-state index in [0.29, 0.717) is 11.3 Å². The van der Waals surface area contributed by atoms with Gasteiger partial charge in [0.25, 0.3) is 0 Å². The number of ether oxygens (including phenoxy) is 1. The summed E-state index contributed by atoms with van der Waals surface area (Å²) in [6, 6.07) is 0. The fourth-order valence-corrected chi connectivity index (χ4v) is 1.48. The molecule has 2 aromatic rings. The van der Waals surface area contributed by atoms with Crippen LogP contribution in [0.5, 0.6) is 0 Å². The van der Waals surface area contributed by atoms with E-state index in [1.54, 1.807) is 18.7 Å². The Labute approximate surface area is 79.9 Å². The summed E-state index contributed by atoms with van der Waals surface area (Å²) in [6.45, 7) is 0. The Balaban J connectivity index is 2.05. The summed E-state index contributed by atoms with van der Waals surface area (Å²) in [4.78, 5) is 15.6. The van der Waals surface area contributed by atoms with Crippen molar-refractivity contribution in [3.05, 3.63) is 30.6 Å². The molecule has 1 N–H and O–H groups in total. The second kappa shape index (κ2) is 2.80. The third kappa shape index (κ3) is 1.06. The molecule has 1 aliphatic rings. The van der Waals surface area contributed by atoms with Crippen molar-refractivity contribution >= 4 is 11.3 Å². The third-order valence-corrected chi connectivity index (χ3v) is 2.15. The van der Waals surface area contributed by atoms with Crippen LogP contribution in [0, 0.1) is 0 Å². The smallest absolute Gasteiger partial charge is 0.197 e. The minimum Gasteiger partial charge on any atom is -0.490 e. The van der Waals surface area contributed by atoms with E-state index in [1.165, 1.54) is 0 Å². The average Bonchev–Trinajstić information content (AvgIpc) is 2.86. The summed E-state index contributed by atoms with van der Waals surface area (Å²) in [5.41, 5.74) is 1.34. The molecule has 0 fully saturated rings. The van der Waals surface area contributed by atoms with Gasteiger partial charge in [-0.2, -0.15) is 0 Å². The van der Waals surface area contributed by atoms with Crippen LogP contribution in [0.1, 0.15) is 18.3 Å². The number of imidazole rings is 1. The van der Waals surface area contributed by atoms with Gasteiger partial charge in [-0.15, -0.1) is 0 Å². The van der Waals surface area contributed by atoms with Crippen LogP contribution in [-0.2, 0) is 4.74 Å². The van der Waals surface area contributed by atoms with Crippen molar-refractivity contribution in [3.63, 3.8) is 0 Å². The molecule has 0 amide bonds. The standard InChI is InChI=1S/C9H8N4O/c1-2-6(14-5-1)7-12-8-9(13-7)11-4-3-10-8/h1,3-6H,2H2,(H,10,11,12,13). The first-order chi connectivity index (χ1) is 6.93. The number of aromatic nitrogens is 4. The average molecular weight is 188 g/mol. The Morgan fingerprint density at radius 1 is 1.36 bits per heavy atom. The maximum atomic E-state index is 5.34. The number of nitrogens with zero attached hydrogens (tertiary/aromatic N) is 3. The molecule has 5 heteroatoms. The minimum absolute atomic E-state index is 0.00833. The van der Waals surface area contributed by atoms with Gasteiger partial charge in [-0.25, -0.2) is 15.0 Å². The molecule has 0 aromatic carbocycles. The molecule has 0 saturated heterocycles. The molecule has 0 aliphatic carbocycles. The minimum atomic E-state index is -0.00833. The van der Waals surface area contributed by atoms with E-state index in [1.807, 2.05) is 6.08 Å². The SMILES string of the molecule is C1=COC(c2nc3nccnc3[nH]2)C1. The highest BCUT2D eigenvalue weighted by atomic mass is 16.5. The zero-order valence-corrected chi connectivity index (χ0v) is 7.34. The highest BCUT2D eigenvalue weighted by Gasteiger charge is 2.18. The van der Waals surface area contributed by atoms with Crippen LogP contribution < -0.4 is 0 Å². The summed E-state index contributed by atoms with van der Waals surface area (Å²) < 4.78 is 5.34. The van der Waals surface area contributed by atoms with Gasteiger partial charge in [0.1, 0.15) is 0 Å². The van der Waals surface area contributed by atoms with E-state index in [2.05, 4.69) is 19.9 Å². The van der Waals surface area contributed by atoms with Crippen LogP contribution >= 0.6 is 0 Å². The largest absolute Gasteiger partial charge is 0.490 e. The van der Waals surface area contributed by atoms with Gasteiger partial charge in [-0.1, -0.05) is 0 Å². The Kier molecular flexibility index (Phi) is 1.50. The van der Waals surface area contributed by atoms with Crippen molar-refractivity contribution < 1.29 is 4.74 Å². The van der Waals surface area contributed by atoms with Crippen LogP contribution in [0.2, 0.25) is 0 Å². The lowest BCUT2D eigenvalue weighted by atomic mass is 10.3. The van der Waals surface area contributed by atoms with E-state index >= 15 is 0 Å². The van der Waals surface area contributed by atoms with Crippen LogP contribution in [0.25, 0.3) is 11.3 Å². The highest BCUT2D eigenvalue weighted by molar-refractivity contribution is 5.64. The highest BCUT2D eigenvalue weighted by Crippen LogP contribution is 2.24. The maximum Gasteiger partial charge on any atom is 0.197 e. The summed E-state index contributed by atoms with van der Waals surface area (Å²) in [5.74, 6) is 0.788. The second-order valence-electron chi connectivity index (χ2n) is 3.08. The summed E-state index contributed by atoms with van der Waals surface area (Å²) in [7, 11) is 0. The fourth-order valence-electron chi connectivity index (χ4n) is 1.48. The lowest BCUT2D eigenvalue weighted by Gasteiger charge is -2.04. The van der Waals surface area contributed by atoms with E-state index < -0.39 is 0 Å². The number of H-pyrrole nitrogens is 1. The Morgan fingerprint density at radius 3 is 3.07 bits per heavy atom. The Bertz CT molecular complexity index is 449. The number of hydrogen-bond acceptors (Lipinski definition) is 4. The monoisotopic (exact) mass is 188 g/mol. The van der Waals surface area contributed by atoms with Gasteiger partial charge in [-0.05, 0) is 6.08 Å². The van der Waals surface area contributed by atoms with E-state index in [4.69, 9.17) is 4.74 Å². The van der Waals surface area contributed by atoms with E-state index in [-0.39, 0.29) is 6.10 Å². The lowest BCUT2D eigenvalue weighted by Crippen LogP contribution is -1.97. The molecule has 0 bridgehead atoms. The number of fused-ring (bicyclic) bond motifs is 1. The van der Waals surface area contributed by atoms with E-state index in [0.717, 1.165) is 12.2 Å². The van der Waals surface area contributed by atoms with Gasteiger partial charge in [0.15, 0.2) is 23.2 Å². The van der Waals surface area contributed by atoms with Crippen molar-refractivity contribution in [2.24, 2.45) is 0 Å². The first kappa shape index (κ1) is 7.49. The molecule has 1 atom stereocenters. The quantitative estimate of drug-likeness (QED) is 0.733. The van der Waals surface area contributed by atoms with Crippen molar-refractivity contribution in [2.75, 3.05) is 0 Å². The number of nitrogens with one attached hydrogen (secondary N) is 1. The molecule has 3 heterocycles. The normalized spacial score (nSPS) is 20.1. The molecule has 70 valence electrons. The van der Waals surface area contributed by atoms with Crippen molar-refractivity contribution in [1.29, 1.82) is 0 Å². The van der Waals surface area contributed by atoms with Gasteiger partial charge >= 0.3 is 0 Å². The molecule has 1 unspecified atom stereocenters. The second-order valence-corrected chi connectivity index (χ2v) is 3.08. The Morgan fingerprint density at radius 2 is 2.29 bits per heavy atom. The molecule has 5 nitrogen and oxygen atoms in total. The van der Waals surface area contributed by atoms with Gasteiger partial charge in [0.05, 0.1) is 6.26 Å². The molecule has 1 aliphatic heterocycles. The topological polar surface area (TPSA) is 63.7 Å². The molecule has 0 spiro atoms. The number of aromatic amines is 1. The zero-order valence-electron chi connectivity index (χ0n) is 7.34. The van der Waals surface area contributed by atoms with Gasteiger partial charge in [-0.3, -0.25) is 0 Å². The predicted molar refractivity (Wildman–Crippen MR) is 49.3 cm³/mol. The molecular formula is C9H8N4O. The van der Waals surface area contributed by atoms with Crippen molar-refractivity contribution in [2.45, 2.75) is 12.5 Å². The van der Waals surface area contributed by atoms with Crippen LogP contribution in [0.4, 0.5) is 0 Å².